The Kier molecular flexibility index (Phi) is 3.26. The Hall–Kier alpha value is -1.07. The van der Waals surface area contributed by atoms with E-state index in [1.807, 2.05) is 12.1 Å². The van der Waals surface area contributed by atoms with Crippen LogP contribution in [0.2, 0.25) is 0 Å². The number of fused-ring (bicyclic) bond motifs is 1. The summed E-state index contributed by atoms with van der Waals surface area (Å²) in [6.45, 7) is 0. The van der Waals surface area contributed by atoms with E-state index in [4.69, 9.17) is 10.5 Å². The summed E-state index contributed by atoms with van der Waals surface area (Å²) in [5.41, 5.74) is 6.99. The Labute approximate surface area is 114 Å². The minimum absolute atomic E-state index is 0.231. The number of nitrogens with zero attached hydrogens (tertiary/aromatic N) is 1. The number of hydrogen-bond acceptors (Lipinski definition) is 3. The first-order chi connectivity index (χ1) is 8.74. The van der Waals surface area contributed by atoms with Gasteiger partial charge in [0.05, 0.1) is 16.2 Å². The summed E-state index contributed by atoms with van der Waals surface area (Å²) < 4.78 is 7.03. The predicted molar refractivity (Wildman–Crippen MR) is 74.7 cm³/mol. The molecule has 1 aromatic carbocycles. The standard InChI is InChI=1S/C13H16BrN3O/c14-13-10-7-16-17-11(10)4-5-12(13)18-9-3-1-2-8(15)6-9/h4-5,7-9H,1-3,6,15H2,(H,16,17)/t8-,9+/m1/s1. The molecule has 96 valence electrons. The van der Waals surface area contributed by atoms with Gasteiger partial charge in [0.15, 0.2) is 0 Å². The van der Waals surface area contributed by atoms with Gasteiger partial charge in [0.25, 0.3) is 0 Å². The third kappa shape index (κ3) is 2.24. The average molecular weight is 310 g/mol. The summed E-state index contributed by atoms with van der Waals surface area (Å²) in [6.07, 6.45) is 6.33. The van der Waals surface area contributed by atoms with E-state index in [2.05, 4.69) is 26.1 Å². The highest BCUT2D eigenvalue weighted by molar-refractivity contribution is 9.10. The SMILES string of the molecule is N[C@@H]1CCC[C@H](Oc2ccc3[nH]ncc3c2Br)C1. The Bertz CT molecular complexity index is 554. The number of benzene rings is 1. The summed E-state index contributed by atoms with van der Waals surface area (Å²) in [4.78, 5) is 0. The molecule has 1 aromatic heterocycles. The van der Waals surface area contributed by atoms with Crippen LogP contribution in [0, 0.1) is 0 Å². The highest BCUT2D eigenvalue weighted by Crippen LogP contribution is 2.34. The topological polar surface area (TPSA) is 63.9 Å². The second-order valence-electron chi connectivity index (χ2n) is 4.88. The molecular formula is C13H16BrN3O. The van der Waals surface area contributed by atoms with Crippen LogP contribution in [0.3, 0.4) is 0 Å². The Morgan fingerprint density at radius 2 is 2.28 bits per heavy atom. The van der Waals surface area contributed by atoms with E-state index in [-0.39, 0.29) is 12.1 Å². The second kappa shape index (κ2) is 4.90. The predicted octanol–water partition coefficient (Wildman–Crippen LogP) is 2.97. The molecule has 1 aliphatic rings. The van der Waals surface area contributed by atoms with E-state index in [1.54, 1.807) is 6.20 Å². The first-order valence-electron chi connectivity index (χ1n) is 6.28. The van der Waals surface area contributed by atoms with Crippen LogP contribution in [-0.4, -0.2) is 22.3 Å². The zero-order chi connectivity index (χ0) is 12.5. The van der Waals surface area contributed by atoms with Crippen molar-refractivity contribution in [2.75, 3.05) is 0 Å². The van der Waals surface area contributed by atoms with Gasteiger partial charge in [-0.2, -0.15) is 5.10 Å². The summed E-state index contributed by atoms with van der Waals surface area (Å²) in [6, 6.07) is 4.25. The molecule has 1 aliphatic carbocycles. The Morgan fingerprint density at radius 3 is 3.11 bits per heavy atom. The number of nitrogens with two attached hydrogens (primary N) is 1. The molecule has 2 aromatic rings. The smallest absolute Gasteiger partial charge is 0.134 e. The third-order valence-corrected chi connectivity index (χ3v) is 4.30. The maximum absolute atomic E-state index is 6.07. The third-order valence-electron chi connectivity index (χ3n) is 3.48. The number of ether oxygens (including phenoxy) is 1. The fourth-order valence-electron chi connectivity index (χ4n) is 2.52. The molecule has 0 unspecified atom stereocenters. The van der Waals surface area contributed by atoms with Gasteiger partial charge in [0, 0.05) is 11.4 Å². The van der Waals surface area contributed by atoms with Crippen LogP contribution in [0.4, 0.5) is 0 Å². The minimum Gasteiger partial charge on any atom is -0.489 e. The molecule has 1 heterocycles. The van der Waals surface area contributed by atoms with E-state index >= 15 is 0 Å². The van der Waals surface area contributed by atoms with E-state index in [0.29, 0.717) is 0 Å². The van der Waals surface area contributed by atoms with Gasteiger partial charge in [-0.15, -0.1) is 0 Å². The molecule has 0 radical (unpaired) electrons. The minimum atomic E-state index is 0.231. The van der Waals surface area contributed by atoms with Crippen LogP contribution in [0.1, 0.15) is 25.7 Å². The quantitative estimate of drug-likeness (QED) is 0.896. The van der Waals surface area contributed by atoms with Gasteiger partial charge in [-0.3, -0.25) is 5.10 Å². The van der Waals surface area contributed by atoms with Gasteiger partial charge in [-0.25, -0.2) is 0 Å². The molecule has 5 heteroatoms. The lowest BCUT2D eigenvalue weighted by Gasteiger charge is -2.27. The fraction of sp³-hybridized carbons (Fsp3) is 0.462. The summed E-state index contributed by atoms with van der Waals surface area (Å²) >= 11 is 3.59. The molecule has 1 fully saturated rings. The molecule has 1 saturated carbocycles. The van der Waals surface area contributed by atoms with Crippen LogP contribution in [-0.2, 0) is 0 Å². The van der Waals surface area contributed by atoms with Crippen molar-refractivity contribution in [3.05, 3.63) is 22.8 Å². The largest absolute Gasteiger partial charge is 0.489 e. The molecule has 2 atom stereocenters. The fourth-order valence-corrected chi connectivity index (χ4v) is 3.06. The summed E-state index contributed by atoms with van der Waals surface area (Å²) in [5.74, 6) is 0.878. The monoisotopic (exact) mass is 309 g/mol. The lowest BCUT2D eigenvalue weighted by molar-refractivity contribution is 0.144. The number of aromatic nitrogens is 2. The van der Waals surface area contributed by atoms with Crippen molar-refractivity contribution in [3.63, 3.8) is 0 Å². The number of nitrogens with one attached hydrogen (secondary N) is 1. The van der Waals surface area contributed by atoms with Crippen molar-refractivity contribution in [2.45, 2.75) is 37.8 Å². The normalized spacial score (nSPS) is 24.3. The van der Waals surface area contributed by atoms with Crippen molar-refractivity contribution in [3.8, 4) is 5.75 Å². The van der Waals surface area contributed by atoms with E-state index in [0.717, 1.165) is 46.8 Å². The molecule has 3 N–H and O–H groups in total. The molecular weight excluding hydrogens is 294 g/mol. The Morgan fingerprint density at radius 1 is 1.39 bits per heavy atom. The van der Waals surface area contributed by atoms with Crippen molar-refractivity contribution in [1.29, 1.82) is 0 Å². The zero-order valence-corrected chi connectivity index (χ0v) is 11.6. The summed E-state index contributed by atoms with van der Waals surface area (Å²) in [5, 5.41) is 8.02. The Balaban J connectivity index is 1.83. The number of rotatable bonds is 2. The molecule has 0 aliphatic heterocycles. The zero-order valence-electron chi connectivity index (χ0n) is 10.0. The molecule has 4 nitrogen and oxygen atoms in total. The molecule has 3 rings (SSSR count). The van der Waals surface area contributed by atoms with Gasteiger partial charge in [0.1, 0.15) is 11.9 Å². The second-order valence-corrected chi connectivity index (χ2v) is 5.67. The average Bonchev–Trinajstić information content (AvgIpc) is 2.82. The maximum atomic E-state index is 6.07. The number of H-pyrrole nitrogens is 1. The van der Waals surface area contributed by atoms with Gasteiger partial charge >= 0.3 is 0 Å². The van der Waals surface area contributed by atoms with Gasteiger partial charge in [0.2, 0.25) is 0 Å². The van der Waals surface area contributed by atoms with Crippen LogP contribution < -0.4 is 10.5 Å². The lowest BCUT2D eigenvalue weighted by atomic mass is 9.93. The van der Waals surface area contributed by atoms with E-state index in [1.165, 1.54) is 0 Å². The lowest BCUT2D eigenvalue weighted by Crippen LogP contribution is -2.33. The first kappa shape index (κ1) is 12.0. The van der Waals surface area contributed by atoms with Crippen molar-refractivity contribution < 1.29 is 4.74 Å². The number of hydrogen-bond donors (Lipinski definition) is 2. The van der Waals surface area contributed by atoms with Crippen molar-refractivity contribution in [1.82, 2.24) is 10.2 Å². The molecule has 0 saturated heterocycles. The van der Waals surface area contributed by atoms with Crippen LogP contribution >= 0.6 is 15.9 Å². The van der Waals surface area contributed by atoms with Crippen LogP contribution in [0.25, 0.3) is 10.9 Å². The van der Waals surface area contributed by atoms with Crippen LogP contribution in [0.15, 0.2) is 22.8 Å². The highest BCUT2D eigenvalue weighted by atomic mass is 79.9. The van der Waals surface area contributed by atoms with E-state index < -0.39 is 0 Å². The molecule has 0 bridgehead atoms. The van der Waals surface area contributed by atoms with Gasteiger partial charge in [-0.1, -0.05) is 0 Å². The number of halogens is 1. The highest BCUT2D eigenvalue weighted by Gasteiger charge is 2.21. The number of aromatic amines is 1. The van der Waals surface area contributed by atoms with E-state index in [9.17, 15) is 0 Å². The van der Waals surface area contributed by atoms with Gasteiger partial charge in [-0.05, 0) is 53.7 Å². The van der Waals surface area contributed by atoms with Crippen LogP contribution in [0.5, 0.6) is 5.75 Å². The molecule has 0 amide bonds. The van der Waals surface area contributed by atoms with Gasteiger partial charge < -0.3 is 10.5 Å². The first-order valence-corrected chi connectivity index (χ1v) is 7.07. The summed E-state index contributed by atoms with van der Waals surface area (Å²) in [7, 11) is 0. The van der Waals surface area contributed by atoms with Crippen molar-refractivity contribution >= 4 is 26.8 Å². The molecule has 18 heavy (non-hydrogen) atoms. The van der Waals surface area contributed by atoms with Crippen molar-refractivity contribution in [2.24, 2.45) is 5.73 Å². The maximum Gasteiger partial charge on any atom is 0.134 e. The molecule has 0 spiro atoms.